The lowest BCUT2D eigenvalue weighted by Crippen LogP contribution is -2.28. The molecule has 9 heteroatoms. The number of carbonyl (C=O) groups is 2. The average Bonchev–Trinajstić information content (AvgIpc) is 3.09. The lowest BCUT2D eigenvalue weighted by atomic mass is 10.1. The molecule has 0 spiro atoms. The second-order valence-corrected chi connectivity index (χ2v) is 8.07. The van der Waals surface area contributed by atoms with Gasteiger partial charge in [-0.3, -0.25) is 9.59 Å². The van der Waals surface area contributed by atoms with E-state index in [2.05, 4.69) is 20.8 Å². The Morgan fingerprint density at radius 2 is 1.87 bits per heavy atom. The summed E-state index contributed by atoms with van der Waals surface area (Å²) in [5, 5.41) is 13.4. The van der Waals surface area contributed by atoms with E-state index in [-0.39, 0.29) is 18.2 Å². The van der Waals surface area contributed by atoms with Gasteiger partial charge in [0.2, 0.25) is 11.8 Å². The fourth-order valence-electron chi connectivity index (χ4n) is 3.04. The Balaban J connectivity index is 1.60. The lowest BCUT2D eigenvalue weighted by molar-refractivity contribution is -0.122. The van der Waals surface area contributed by atoms with Gasteiger partial charge >= 0.3 is 0 Å². The van der Waals surface area contributed by atoms with Gasteiger partial charge in [-0.1, -0.05) is 30.0 Å². The number of nitrogens with zero attached hydrogens (tertiary/aromatic N) is 2. The normalized spacial score (nSPS) is 17.1. The van der Waals surface area contributed by atoms with Gasteiger partial charge < -0.3 is 20.1 Å². The average molecular weight is 441 g/mol. The number of amides is 2. The third-order valence-electron chi connectivity index (χ3n) is 4.66. The summed E-state index contributed by atoms with van der Waals surface area (Å²) in [6, 6.07) is 11.1. The predicted octanol–water partition coefficient (Wildman–Crippen LogP) is 3.27. The van der Waals surface area contributed by atoms with E-state index in [1.807, 2.05) is 38.1 Å². The number of thioether (sulfide) groups is 1. The Morgan fingerprint density at radius 3 is 2.55 bits per heavy atom. The highest BCUT2D eigenvalue weighted by molar-refractivity contribution is 8.15. The molecule has 2 aromatic carbocycles. The Bertz CT molecular complexity index is 1030. The van der Waals surface area contributed by atoms with Crippen LogP contribution >= 0.6 is 11.8 Å². The second-order valence-electron chi connectivity index (χ2n) is 6.88. The van der Waals surface area contributed by atoms with Gasteiger partial charge in [0.05, 0.1) is 20.4 Å². The summed E-state index contributed by atoms with van der Waals surface area (Å²) in [6.07, 6.45) is 1.59. The van der Waals surface area contributed by atoms with Gasteiger partial charge in [0.25, 0.3) is 0 Å². The number of aryl methyl sites for hydroxylation is 2. The van der Waals surface area contributed by atoms with E-state index in [4.69, 9.17) is 9.47 Å². The Hall–Kier alpha value is -3.33. The molecule has 162 valence electrons. The van der Waals surface area contributed by atoms with Crippen LogP contribution in [0.3, 0.4) is 0 Å². The molecule has 2 aromatic rings. The van der Waals surface area contributed by atoms with Crippen molar-refractivity contribution in [3.05, 3.63) is 53.1 Å². The van der Waals surface area contributed by atoms with Crippen molar-refractivity contribution in [1.29, 1.82) is 0 Å². The summed E-state index contributed by atoms with van der Waals surface area (Å²) in [5.74, 6) is 0.714. The monoisotopic (exact) mass is 440 g/mol. The molecular weight excluding hydrogens is 416 g/mol. The van der Waals surface area contributed by atoms with Crippen LogP contribution in [0.5, 0.6) is 11.5 Å². The third-order valence-corrected chi connectivity index (χ3v) is 5.73. The van der Waals surface area contributed by atoms with Crippen LogP contribution in [-0.2, 0) is 9.59 Å². The number of benzene rings is 2. The number of amidine groups is 1. The Labute approximate surface area is 185 Å². The summed E-state index contributed by atoms with van der Waals surface area (Å²) in [6.45, 7) is 3.86. The number of para-hydroxylation sites is 1. The number of hydrogen-bond donors (Lipinski definition) is 2. The number of anilines is 1. The van der Waals surface area contributed by atoms with Crippen molar-refractivity contribution in [2.75, 3.05) is 19.5 Å². The topological polar surface area (TPSA) is 101 Å². The molecular formula is C22H24N4O4S. The fourth-order valence-corrected chi connectivity index (χ4v) is 3.96. The zero-order valence-electron chi connectivity index (χ0n) is 17.8. The molecule has 2 N–H and O–H groups in total. The molecule has 0 aromatic heterocycles. The van der Waals surface area contributed by atoms with Gasteiger partial charge in [-0.25, -0.2) is 0 Å². The highest BCUT2D eigenvalue weighted by Crippen LogP contribution is 2.27. The number of carbonyl (C=O) groups excluding carboxylic acids is 2. The molecule has 1 aliphatic heterocycles. The van der Waals surface area contributed by atoms with Crippen molar-refractivity contribution in [3.63, 3.8) is 0 Å². The molecule has 1 aliphatic rings. The van der Waals surface area contributed by atoms with Crippen molar-refractivity contribution in [2.45, 2.75) is 25.5 Å². The molecule has 1 fully saturated rings. The standard InChI is InChI=1S/C22H24N4O4S/c1-13-6-5-7-14(2)20(13)24-19(27)11-18-21(28)25-22(31-18)26-23-12-15-8-9-16(29-3)17(10-15)30-4/h5-10,12,18H,11H2,1-4H3,(H,24,27)(H,25,26,28)/b23-12-/t18-/m0/s1. The van der Waals surface area contributed by atoms with Gasteiger partial charge in [-0.2, -0.15) is 5.10 Å². The van der Waals surface area contributed by atoms with Crippen LogP contribution in [0, 0.1) is 13.8 Å². The van der Waals surface area contributed by atoms with Crippen molar-refractivity contribution in [2.24, 2.45) is 10.2 Å². The minimum absolute atomic E-state index is 0.0443. The summed E-state index contributed by atoms with van der Waals surface area (Å²) in [5.41, 5.74) is 3.50. The van der Waals surface area contributed by atoms with E-state index in [0.29, 0.717) is 16.7 Å². The maximum atomic E-state index is 12.4. The lowest BCUT2D eigenvalue weighted by Gasteiger charge is -2.12. The fraction of sp³-hybridized carbons (Fsp3) is 0.273. The minimum atomic E-state index is -0.556. The van der Waals surface area contributed by atoms with Gasteiger partial charge in [0.1, 0.15) is 5.25 Å². The molecule has 0 radical (unpaired) electrons. The highest BCUT2D eigenvalue weighted by atomic mass is 32.2. The van der Waals surface area contributed by atoms with Crippen LogP contribution in [0.2, 0.25) is 0 Å². The molecule has 0 unspecified atom stereocenters. The largest absolute Gasteiger partial charge is 0.493 e. The van der Waals surface area contributed by atoms with Crippen LogP contribution in [0.15, 0.2) is 46.6 Å². The number of methoxy groups -OCH3 is 2. The summed E-state index contributed by atoms with van der Waals surface area (Å²) >= 11 is 1.18. The molecule has 0 aliphatic carbocycles. The van der Waals surface area contributed by atoms with Gasteiger partial charge in [-0.15, -0.1) is 5.10 Å². The Morgan fingerprint density at radius 1 is 1.16 bits per heavy atom. The van der Waals surface area contributed by atoms with Crippen LogP contribution < -0.4 is 20.1 Å². The number of nitrogens with one attached hydrogen (secondary N) is 2. The molecule has 3 rings (SSSR count). The summed E-state index contributed by atoms with van der Waals surface area (Å²) in [7, 11) is 3.12. The first-order valence-corrected chi connectivity index (χ1v) is 10.5. The zero-order chi connectivity index (χ0) is 22.4. The quantitative estimate of drug-likeness (QED) is 0.508. The first-order chi connectivity index (χ1) is 14.9. The SMILES string of the molecule is COc1ccc(/C=N\N=C2\NC(=O)[C@H](CC(=O)Nc3c(C)cccc3C)S2)cc1OC. The third kappa shape index (κ3) is 5.64. The maximum Gasteiger partial charge on any atom is 0.240 e. The van der Waals surface area contributed by atoms with E-state index in [1.165, 1.54) is 11.8 Å². The molecule has 2 amide bonds. The van der Waals surface area contributed by atoms with E-state index in [0.717, 1.165) is 22.4 Å². The molecule has 1 saturated heterocycles. The van der Waals surface area contributed by atoms with E-state index >= 15 is 0 Å². The summed E-state index contributed by atoms with van der Waals surface area (Å²) in [4.78, 5) is 24.7. The maximum absolute atomic E-state index is 12.4. The first-order valence-electron chi connectivity index (χ1n) is 9.58. The van der Waals surface area contributed by atoms with Crippen molar-refractivity contribution >= 4 is 40.6 Å². The number of rotatable bonds is 7. The smallest absolute Gasteiger partial charge is 0.240 e. The van der Waals surface area contributed by atoms with Crippen molar-refractivity contribution in [1.82, 2.24) is 5.32 Å². The zero-order valence-corrected chi connectivity index (χ0v) is 18.6. The number of hydrogen-bond acceptors (Lipinski definition) is 7. The highest BCUT2D eigenvalue weighted by Gasteiger charge is 2.32. The van der Waals surface area contributed by atoms with E-state index in [9.17, 15) is 9.59 Å². The second kappa shape index (κ2) is 10.1. The summed E-state index contributed by atoms with van der Waals surface area (Å²) < 4.78 is 10.5. The van der Waals surface area contributed by atoms with Gasteiger partial charge in [0, 0.05) is 12.1 Å². The van der Waals surface area contributed by atoms with Crippen LogP contribution in [0.1, 0.15) is 23.1 Å². The Kier molecular flexibility index (Phi) is 7.30. The molecule has 0 saturated carbocycles. The molecule has 1 atom stereocenters. The molecule has 8 nitrogen and oxygen atoms in total. The van der Waals surface area contributed by atoms with Crippen LogP contribution in [-0.4, -0.2) is 42.7 Å². The van der Waals surface area contributed by atoms with E-state index < -0.39 is 5.25 Å². The van der Waals surface area contributed by atoms with Crippen molar-refractivity contribution in [3.8, 4) is 11.5 Å². The number of ether oxygens (including phenoxy) is 2. The van der Waals surface area contributed by atoms with Crippen LogP contribution in [0.25, 0.3) is 0 Å². The molecule has 31 heavy (non-hydrogen) atoms. The van der Waals surface area contributed by atoms with Crippen molar-refractivity contribution < 1.29 is 19.1 Å². The van der Waals surface area contributed by atoms with Gasteiger partial charge in [-0.05, 0) is 48.7 Å². The van der Waals surface area contributed by atoms with E-state index in [1.54, 1.807) is 32.6 Å². The molecule has 0 bridgehead atoms. The minimum Gasteiger partial charge on any atom is -0.493 e. The molecule has 1 heterocycles. The van der Waals surface area contributed by atoms with Crippen LogP contribution in [0.4, 0.5) is 5.69 Å². The van der Waals surface area contributed by atoms with Gasteiger partial charge in [0.15, 0.2) is 16.7 Å². The predicted molar refractivity (Wildman–Crippen MR) is 123 cm³/mol. The first kappa shape index (κ1) is 22.4.